The number of rotatable bonds is 5. The summed E-state index contributed by atoms with van der Waals surface area (Å²) in [5.74, 6) is 0.123. The van der Waals surface area contributed by atoms with Crippen molar-refractivity contribution < 1.29 is 14.3 Å². The number of hydrogen-bond acceptors (Lipinski definition) is 7. The SMILES string of the molecule is COc1ccc(N2C(=O)C[C@H](NNc3nc4ccccc4s3)C2=O)cc1. The minimum atomic E-state index is -0.642. The molecular formula is C18H16N4O3S. The van der Waals surface area contributed by atoms with Gasteiger partial charge in [0.05, 0.1) is 29.4 Å². The van der Waals surface area contributed by atoms with Crippen molar-refractivity contribution >= 4 is 44.2 Å². The van der Waals surface area contributed by atoms with Gasteiger partial charge in [-0.05, 0) is 36.4 Å². The van der Waals surface area contributed by atoms with E-state index in [0.29, 0.717) is 16.6 Å². The first kappa shape index (κ1) is 16.5. The topological polar surface area (TPSA) is 83.6 Å². The average molecular weight is 368 g/mol. The van der Waals surface area contributed by atoms with Gasteiger partial charge in [-0.2, -0.15) is 0 Å². The number of nitrogens with zero attached hydrogens (tertiary/aromatic N) is 2. The molecule has 1 aliphatic rings. The molecule has 2 amide bonds. The lowest BCUT2D eigenvalue weighted by Crippen LogP contribution is -2.41. The predicted octanol–water partition coefficient (Wildman–Crippen LogP) is 2.55. The first-order chi connectivity index (χ1) is 12.7. The van der Waals surface area contributed by atoms with Crippen LogP contribution < -0.4 is 20.5 Å². The van der Waals surface area contributed by atoms with Crippen LogP contribution in [0.2, 0.25) is 0 Å². The number of fused-ring (bicyclic) bond motifs is 1. The molecule has 2 heterocycles. The quantitative estimate of drug-likeness (QED) is 0.532. The monoisotopic (exact) mass is 368 g/mol. The summed E-state index contributed by atoms with van der Waals surface area (Å²) in [7, 11) is 1.56. The Morgan fingerprint density at radius 1 is 1.15 bits per heavy atom. The molecule has 0 radical (unpaired) electrons. The molecule has 0 spiro atoms. The van der Waals surface area contributed by atoms with Gasteiger partial charge < -0.3 is 4.74 Å². The lowest BCUT2D eigenvalue weighted by molar-refractivity contribution is -0.121. The van der Waals surface area contributed by atoms with E-state index >= 15 is 0 Å². The lowest BCUT2D eigenvalue weighted by Gasteiger charge is -2.16. The van der Waals surface area contributed by atoms with Gasteiger partial charge in [-0.15, -0.1) is 0 Å². The van der Waals surface area contributed by atoms with Crippen LogP contribution >= 0.6 is 11.3 Å². The number of hydrazine groups is 1. The number of hydrogen-bond donors (Lipinski definition) is 2. The highest BCUT2D eigenvalue weighted by Gasteiger charge is 2.39. The summed E-state index contributed by atoms with van der Waals surface area (Å²) in [5, 5.41) is 0.648. The third-order valence-electron chi connectivity index (χ3n) is 4.12. The van der Waals surface area contributed by atoms with E-state index < -0.39 is 6.04 Å². The van der Waals surface area contributed by atoms with Crippen LogP contribution in [-0.2, 0) is 9.59 Å². The number of amides is 2. The van der Waals surface area contributed by atoms with Crippen molar-refractivity contribution in [3.8, 4) is 5.75 Å². The maximum atomic E-state index is 12.6. The van der Waals surface area contributed by atoms with E-state index in [9.17, 15) is 9.59 Å². The molecule has 7 nitrogen and oxygen atoms in total. The number of ether oxygens (including phenoxy) is 1. The number of aromatic nitrogens is 1. The number of carbonyl (C=O) groups excluding carboxylic acids is 2. The molecule has 132 valence electrons. The van der Waals surface area contributed by atoms with Crippen molar-refractivity contribution in [2.45, 2.75) is 12.5 Å². The largest absolute Gasteiger partial charge is 0.497 e. The molecule has 26 heavy (non-hydrogen) atoms. The van der Waals surface area contributed by atoms with Gasteiger partial charge in [0.25, 0.3) is 5.91 Å². The molecule has 1 fully saturated rings. The Morgan fingerprint density at radius 2 is 1.92 bits per heavy atom. The van der Waals surface area contributed by atoms with Crippen LogP contribution in [0.3, 0.4) is 0 Å². The maximum absolute atomic E-state index is 12.6. The standard InChI is InChI=1S/C18H16N4O3S/c1-25-12-8-6-11(7-9-12)22-16(23)10-14(17(22)24)20-21-18-19-13-4-2-3-5-15(13)26-18/h2-9,14,20H,10H2,1H3,(H,19,21)/t14-/m0/s1. The van der Waals surface area contributed by atoms with E-state index in [1.54, 1.807) is 31.4 Å². The molecule has 0 saturated carbocycles. The van der Waals surface area contributed by atoms with Gasteiger partial charge in [-0.25, -0.2) is 15.3 Å². The Bertz CT molecular complexity index is 937. The molecule has 0 unspecified atom stereocenters. The number of anilines is 2. The molecule has 3 aromatic rings. The molecule has 2 aromatic carbocycles. The number of para-hydroxylation sites is 1. The third-order valence-corrected chi connectivity index (χ3v) is 5.08. The molecular weight excluding hydrogens is 352 g/mol. The zero-order valence-corrected chi connectivity index (χ0v) is 14.7. The molecule has 1 aliphatic heterocycles. The summed E-state index contributed by atoms with van der Waals surface area (Å²) < 4.78 is 6.15. The van der Waals surface area contributed by atoms with E-state index in [2.05, 4.69) is 15.8 Å². The highest BCUT2D eigenvalue weighted by Crippen LogP contribution is 2.27. The van der Waals surface area contributed by atoms with Crippen molar-refractivity contribution in [3.05, 3.63) is 48.5 Å². The molecule has 2 N–H and O–H groups in total. The minimum absolute atomic E-state index is 0.0861. The Hall–Kier alpha value is -2.97. The van der Waals surface area contributed by atoms with E-state index in [-0.39, 0.29) is 18.2 Å². The lowest BCUT2D eigenvalue weighted by atomic mass is 10.2. The van der Waals surface area contributed by atoms with E-state index in [0.717, 1.165) is 10.2 Å². The molecule has 8 heteroatoms. The van der Waals surface area contributed by atoms with Crippen LogP contribution in [0.1, 0.15) is 6.42 Å². The highest BCUT2D eigenvalue weighted by molar-refractivity contribution is 7.22. The number of thiazole rings is 1. The summed E-state index contributed by atoms with van der Waals surface area (Å²) in [5.41, 5.74) is 7.29. The van der Waals surface area contributed by atoms with Crippen molar-refractivity contribution in [2.75, 3.05) is 17.4 Å². The van der Waals surface area contributed by atoms with Crippen molar-refractivity contribution in [2.24, 2.45) is 0 Å². The van der Waals surface area contributed by atoms with Crippen LogP contribution in [0.25, 0.3) is 10.2 Å². The number of carbonyl (C=O) groups is 2. The summed E-state index contributed by atoms with van der Waals surface area (Å²) in [4.78, 5) is 30.5. The summed E-state index contributed by atoms with van der Waals surface area (Å²) in [6.45, 7) is 0. The number of methoxy groups -OCH3 is 1. The number of imide groups is 1. The molecule has 1 atom stereocenters. The molecule has 1 saturated heterocycles. The summed E-state index contributed by atoms with van der Waals surface area (Å²) in [6, 6.07) is 14.0. The van der Waals surface area contributed by atoms with E-state index in [4.69, 9.17) is 4.74 Å². The first-order valence-corrected chi connectivity index (χ1v) is 8.85. The first-order valence-electron chi connectivity index (χ1n) is 8.03. The van der Waals surface area contributed by atoms with Crippen molar-refractivity contribution in [1.82, 2.24) is 10.4 Å². The van der Waals surface area contributed by atoms with Gasteiger partial charge in [0.15, 0.2) is 5.13 Å². The van der Waals surface area contributed by atoms with Gasteiger partial charge >= 0.3 is 0 Å². The average Bonchev–Trinajstić information content (AvgIpc) is 3.20. The van der Waals surface area contributed by atoms with E-state index in [1.807, 2.05) is 24.3 Å². The second-order valence-corrected chi connectivity index (χ2v) is 6.81. The van der Waals surface area contributed by atoms with Gasteiger partial charge in [0.1, 0.15) is 11.8 Å². The van der Waals surface area contributed by atoms with Crippen LogP contribution in [-0.4, -0.2) is 29.9 Å². The summed E-state index contributed by atoms with van der Waals surface area (Å²) in [6.07, 6.45) is 0.0861. The van der Waals surface area contributed by atoms with E-state index in [1.165, 1.54) is 16.2 Å². The second-order valence-electron chi connectivity index (χ2n) is 5.78. The number of benzene rings is 2. The zero-order chi connectivity index (χ0) is 18.1. The van der Waals surface area contributed by atoms with Crippen LogP contribution in [0.5, 0.6) is 5.75 Å². The molecule has 4 rings (SSSR count). The Kier molecular flexibility index (Phi) is 4.27. The minimum Gasteiger partial charge on any atom is -0.497 e. The second kappa shape index (κ2) is 6.74. The van der Waals surface area contributed by atoms with Gasteiger partial charge in [0.2, 0.25) is 5.91 Å². The fraction of sp³-hybridized carbons (Fsp3) is 0.167. The Morgan fingerprint density at radius 3 is 2.65 bits per heavy atom. The van der Waals surface area contributed by atoms with Gasteiger partial charge in [0, 0.05) is 0 Å². The van der Waals surface area contributed by atoms with Crippen molar-refractivity contribution in [3.63, 3.8) is 0 Å². The Balaban J connectivity index is 1.46. The number of nitrogens with one attached hydrogen (secondary N) is 2. The zero-order valence-electron chi connectivity index (χ0n) is 13.9. The van der Waals surface area contributed by atoms with Crippen LogP contribution in [0, 0.1) is 0 Å². The molecule has 0 bridgehead atoms. The van der Waals surface area contributed by atoms with Crippen LogP contribution in [0.4, 0.5) is 10.8 Å². The molecule has 0 aliphatic carbocycles. The van der Waals surface area contributed by atoms with Crippen LogP contribution in [0.15, 0.2) is 48.5 Å². The summed E-state index contributed by atoms with van der Waals surface area (Å²) >= 11 is 1.48. The molecule has 1 aromatic heterocycles. The highest BCUT2D eigenvalue weighted by atomic mass is 32.1. The fourth-order valence-corrected chi connectivity index (χ4v) is 3.65. The van der Waals surface area contributed by atoms with Crippen molar-refractivity contribution in [1.29, 1.82) is 0 Å². The maximum Gasteiger partial charge on any atom is 0.253 e. The Labute approximate surface area is 153 Å². The third kappa shape index (κ3) is 3.00. The fourth-order valence-electron chi connectivity index (χ4n) is 2.82. The normalized spacial score (nSPS) is 17.1. The smallest absolute Gasteiger partial charge is 0.253 e. The van der Waals surface area contributed by atoms with Gasteiger partial charge in [-0.3, -0.25) is 15.0 Å². The van der Waals surface area contributed by atoms with Gasteiger partial charge in [-0.1, -0.05) is 23.5 Å². The predicted molar refractivity (Wildman–Crippen MR) is 100 cm³/mol.